The van der Waals surface area contributed by atoms with E-state index in [4.69, 9.17) is 0 Å². The molecule has 2 heterocycles. The van der Waals surface area contributed by atoms with Crippen LogP contribution in [0.1, 0.15) is 18.4 Å². The predicted molar refractivity (Wildman–Crippen MR) is 56.5 cm³/mol. The van der Waals surface area contributed by atoms with Crippen LogP contribution >= 0.6 is 0 Å². The zero-order valence-electron chi connectivity index (χ0n) is 8.49. The minimum absolute atomic E-state index is 0.126. The van der Waals surface area contributed by atoms with Crippen LogP contribution in [-0.2, 0) is 6.54 Å². The molecule has 1 aromatic rings. The first-order chi connectivity index (χ1) is 6.75. The Morgan fingerprint density at radius 2 is 2.50 bits per heavy atom. The van der Waals surface area contributed by atoms with Crippen molar-refractivity contribution in [2.45, 2.75) is 32.4 Å². The molecule has 0 aliphatic carbocycles. The zero-order valence-corrected chi connectivity index (χ0v) is 8.49. The number of hydrogen-bond donors (Lipinski definition) is 1. The van der Waals surface area contributed by atoms with Crippen LogP contribution in [0.3, 0.4) is 0 Å². The lowest BCUT2D eigenvalue weighted by Crippen LogP contribution is -2.27. The van der Waals surface area contributed by atoms with Gasteiger partial charge >= 0.3 is 0 Å². The van der Waals surface area contributed by atoms with Gasteiger partial charge in [0.2, 0.25) is 0 Å². The molecule has 1 N–H and O–H groups in total. The Morgan fingerprint density at radius 3 is 3.14 bits per heavy atom. The Hall–Kier alpha value is -1.09. The molecular weight excluding hydrogens is 176 g/mol. The minimum atomic E-state index is 0.126. The summed E-state index contributed by atoms with van der Waals surface area (Å²) in [7, 11) is 0. The van der Waals surface area contributed by atoms with Gasteiger partial charge in [0.1, 0.15) is 0 Å². The molecule has 1 saturated heterocycles. The van der Waals surface area contributed by atoms with Gasteiger partial charge in [-0.2, -0.15) is 0 Å². The van der Waals surface area contributed by atoms with Gasteiger partial charge in [0.25, 0.3) is 0 Å². The van der Waals surface area contributed by atoms with Crippen molar-refractivity contribution in [1.29, 1.82) is 0 Å². The van der Waals surface area contributed by atoms with E-state index in [9.17, 15) is 4.79 Å². The molecule has 0 amide bonds. The highest BCUT2D eigenvalue weighted by atomic mass is 16.1. The molecule has 1 atom stereocenters. The topological polar surface area (TPSA) is 34.0 Å². The summed E-state index contributed by atoms with van der Waals surface area (Å²) in [6, 6.07) is 2.22. The van der Waals surface area contributed by atoms with E-state index in [0.29, 0.717) is 6.04 Å². The summed E-state index contributed by atoms with van der Waals surface area (Å²) in [4.78, 5) is 11.2. The molecule has 2 rings (SSSR count). The number of nitrogens with one attached hydrogen (secondary N) is 1. The Balaban J connectivity index is 2.09. The molecular formula is C11H16N2O. The maximum absolute atomic E-state index is 11.2. The van der Waals surface area contributed by atoms with Gasteiger partial charge in [0.15, 0.2) is 5.43 Å². The van der Waals surface area contributed by atoms with Crippen molar-refractivity contribution in [3.63, 3.8) is 0 Å². The Morgan fingerprint density at radius 1 is 1.64 bits per heavy atom. The number of pyridine rings is 1. The highest BCUT2D eigenvalue weighted by molar-refractivity contribution is 5.07. The first-order valence-electron chi connectivity index (χ1n) is 5.16. The van der Waals surface area contributed by atoms with Gasteiger partial charge in [-0.05, 0) is 26.3 Å². The predicted octanol–water partition coefficient (Wildman–Crippen LogP) is 0.909. The summed E-state index contributed by atoms with van der Waals surface area (Å²) in [5.74, 6) is 0. The summed E-state index contributed by atoms with van der Waals surface area (Å²) in [6.45, 7) is 3.96. The SMILES string of the molecule is Cc1cn(CC2CCCN2)ccc1=O. The average molecular weight is 192 g/mol. The number of rotatable bonds is 2. The molecule has 0 bridgehead atoms. The van der Waals surface area contributed by atoms with Crippen molar-refractivity contribution >= 4 is 0 Å². The lowest BCUT2D eigenvalue weighted by molar-refractivity contribution is 0.506. The summed E-state index contributed by atoms with van der Waals surface area (Å²) in [6.07, 6.45) is 6.31. The van der Waals surface area contributed by atoms with E-state index in [2.05, 4.69) is 9.88 Å². The lowest BCUT2D eigenvalue weighted by Gasteiger charge is -2.13. The van der Waals surface area contributed by atoms with E-state index < -0.39 is 0 Å². The molecule has 0 spiro atoms. The van der Waals surface area contributed by atoms with Gasteiger partial charge in [-0.25, -0.2) is 0 Å². The molecule has 1 fully saturated rings. The van der Waals surface area contributed by atoms with Crippen molar-refractivity contribution in [3.8, 4) is 0 Å². The van der Waals surface area contributed by atoms with Crippen molar-refractivity contribution < 1.29 is 0 Å². The summed E-state index contributed by atoms with van der Waals surface area (Å²) < 4.78 is 2.10. The highest BCUT2D eigenvalue weighted by Crippen LogP contribution is 2.07. The molecule has 3 nitrogen and oxygen atoms in total. The van der Waals surface area contributed by atoms with Crippen LogP contribution in [0, 0.1) is 6.92 Å². The number of nitrogens with zero attached hydrogens (tertiary/aromatic N) is 1. The molecule has 1 unspecified atom stereocenters. The third-order valence-electron chi connectivity index (χ3n) is 2.76. The molecule has 14 heavy (non-hydrogen) atoms. The molecule has 0 aromatic carbocycles. The largest absolute Gasteiger partial charge is 0.352 e. The quantitative estimate of drug-likeness (QED) is 0.755. The molecule has 1 aromatic heterocycles. The summed E-state index contributed by atoms with van der Waals surface area (Å²) in [5, 5.41) is 3.44. The second-order valence-electron chi connectivity index (χ2n) is 3.98. The van der Waals surface area contributed by atoms with E-state index in [-0.39, 0.29) is 5.43 Å². The first kappa shape index (κ1) is 9.46. The Kier molecular flexibility index (Phi) is 2.68. The summed E-state index contributed by atoms with van der Waals surface area (Å²) in [5.41, 5.74) is 0.950. The Labute approximate surface area is 83.8 Å². The van der Waals surface area contributed by atoms with Gasteiger partial charge in [0.05, 0.1) is 0 Å². The highest BCUT2D eigenvalue weighted by Gasteiger charge is 2.13. The lowest BCUT2D eigenvalue weighted by atomic mass is 10.2. The van der Waals surface area contributed by atoms with Crippen molar-refractivity contribution in [1.82, 2.24) is 9.88 Å². The monoisotopic (exact) mass is 192 g/mol. The van der Waals surface area contributed by atoms with Gasteiger partial charge in [-0.3, -0.25) is 4.79 Å². The van der Waals surface area contributed by atoms with Crippen molar-refractivity contribution in [2.24, 2.45) is 0 Å². The smallest absolute Gasteiger partial charge is 0.184 e. The second-order valence-corrected chi connectivity index (χ2v) is 3.98. The third-order valence-corrected chi connectivity index (χ3v) is 2.76. The molecule has 1 aliphatic rings. The van der Waals surface area contributed by atoms with Gasteiger partial charge in [0, 0.05) is 36.6 Å². The van der Waals surface area contributed by atoms with Crippen LogP contribution in [0.4, 0.5) is 0 Å². The van der Waals surface area contributed by atoms with Crippen molar-refractivity contribution in [2.75, 3.05) is 6.54 Å². The van der Waals surface area contributed by atoms with Crippen LogP contribution in [0.15, 0.2) is 23.3 Å². The van der Waals surface area contributed by atoms with Gasteiger partial charge in [-0.1, -0.05) is 0 Å². The fraction of sp³-hybridized carbons (Fsp3) is 0.545. The molecule has 0 saturated carbocycles. The van der Waals surface area contributed by atoms with Gasteiger partial charge < -0.3 is 9.88 Å². The van der Waals surface area contributed by atoms with E-state index >= 15 is 0 Å². The molecule has 0 radical (unpaired) electrons. The number of aryl methyl sites for hydroxylation is 1. The average Bonchev–Trinajstić information content (AvgIpc) is 2.64. The van der Waals surface area contributed by atoms with Crippen LogP contribution in [0.25, 0.3) is 0 Å². The zero-order chi connectivity index (χ0) is 9.97. The molecule has 3 heteroatoms. The minimum Gasteiger partial charge on any atom is -0.352 e. The van der Waals surface area contributed by atoms with Crippen LogP contribution in [0.2, 0.25) is 0 Å². The standard InChI is InChI=1S/C11H16N2O/c1-9-7-13(6-4-11(9)14)8-10-3-2-5-12-10/h4,6-7,10,12H,2-3,5,8H2,1H3. The summed E-state index contributed by atoms with van der Waals surface area (Å²) >= 11 is 0. The van der Waals surface area contributed by atoms with Crippen molar-refractivity contribution in [3.05, 3.63) is 34.2 Å². The molecule has 76 valence electrons. The number of hydrogen-bond acceptors (Lipinski definition) is 2. The Bertz CT molecular complexity index is 364. The van der Waals surface area contributed by atoms with Gasteiger partial charge in [-0.15, -0.1) is 0 Å². The normalized spacial score (nSPS) is 21.4. The van der Waals surface area contributed by atoms with Crippen LogP contribution < -0.4 is 10.7 Å². The second kappa shape index (κ2) is 3.96. The van der Waals surface area contributed by atoms with E-state index in [1.54, 1.807) is 6.07 Å². The van der Waals surface area contributed by atoms with Crippen LogP contribution in [-0.4, -0.2) is 17.2 Å². The van der Waals surface area contributed by atoms with E-state index in [0.717, 1.165) is 18.7 Å². The number of aromatic nitrogens is 1. The maximum atomic E-state index is 11.2. The third kappa shape index (κ3) is 2.04. The maximum Gasteiger partial charge on any atom is 0.184 e. The van der Waals surface area contributed by atoms with E-state index in [1.165, 1.54) is 12.8 Å². The van der Waals surface area contributed by atoms with Crippen LogP contribution in [0.5, 0.6) is 0 Å². The fourth-order valence-corrected chi connectivity index (χ4v) is 1.93. The van der Waals surface area contributed by atoms with E-state index in [1.807, 2.05) is 19.3 Å². The molecule has 1 aliphatic heterocycles. The first-order valence-corrected chi connectivity index (χ1v) is 5.16. The fourth-order valence-electron chi connectivity index (χ4n) is 1.93.